The summed E-state index contributed by atoms with van der Waals surface area (Å²) in [5.41, 5.74) is 0. The third-order valence-corrected chi connectivity index (χ3v) is 14.2. The van der Waals surface area contributed by atoms with Crippen molar-refractivity contribution in [2.24, 2.45) is 0 Å². The molecule has 0 unspecified atom stereocenters. The normalized spacial score (nSPS) is 21.1. The lowest BCUT2D eigenvalue weighted by atomic mass is 9.90. The van der Waals surface area contributed by atoms with Crippen LogP contribution >= 0.6 is 0 Å². The van der Waals surface area contributed by atoms with Gasteiger partial charge in [0.15, 0.2) is 8.07 Å². The average molecular weight is 829 g/mol. The number of hydrogen-bond donors (Lipinski definition) is 0. The molecule has 284 valence electrons. The van der Waals surface area contributed by atoms with E-state index in [-0.39, 0.29) is 0 Å². The van der Waals surface area contributed by atoms with Gasteiger partial charge in [-0.05, 0) is 119 Å². The molecule has 0 spiro atoms. The summed E-state index contributed by atoms with van der Waals surface area (Å²) < 4.78 is 382. The van der Waals surface area contributed by atoms with E-state index >= 15 is 0 Å². The van der Waals surface area contributed by atoms with Gasteiger partial charge in [0, 0.05) is 0 Å². The van der Waals surface area contributed by atoms with E-state index in [9.17, 15) is 35.6 Å². The standard InChI is InChI=1S/C60H40Si/c1-4-20-41(21-5-1)61(42-22-6-2-7-23-42,43-24-8-3-9-25-43)44-36-37-55-56(38-44)51-32-16-12-30-49(51)50-31-15-19-35-54(50)59-39-57-52-33-17-13-28-47(52)45-26-10-11-27-46(45)48-29-14-18-34-53(48)58(57)40-60(55)59/h1-40H/i1D,2D,3D,4D,5D,6D,7D,8D,9D,10D,11D,12D,13D,14D,15D,16D,17D,18D,19D,20D,21D,22D,23D,24D,25D,26D,27D,28D,29D,30D,31D,32D,33D,34D,35D,36D,37D,38D,39D,40D. The summed E-state index contributed by atoms with van der Waals surface area (Å²) in [4.78, 5) is 0. The fraction of sp³-hybridized carbons (Fsp3) is 0. The summed E-state index contributed by atoms with van der Waals surface area (Å²) in [6, 6.07) is -52.0. The second-order valence-electron chi connectivity index (χ2n) is 13.2. The second-order valence-corrected chi connectivity index (χ2v) is 16.8. The van der Waals surface area contributed by atoms with Gasteiger partial charge < -0.3 is 0 Å². The Morgan fingerprint density at radius 1 is 0.180 bits per heavy atom. The molecule has 0 N–H and O–H groups in total. The molecule has 0 aromatic heterocycles. The maximum Gasteiger partial charge on any atom is 0.179 e. The summed E-state index contributed by atoms with van der Waals surface area (Å²) in [5, 5.41) is -22.8. The molecule has 0 heterocycles. The molecule has 0 bridgehead atoms. The molecule has 0 aliphatic rings. The highest BCUT2D eigenvalue weighted by molar-refractivity contribution is 7.20. The zero-order valence-corrected chi connectivity index (χ0v) is 31.5. The van der Waals surface area contributed by atoms with E-state index in [1.54, 1.807) is 0 Å². The van der Waals surface area contributed by atoms with E-state index in [4.69, 9.17) is 19.2 Å². The van der Waals surface area contributed by atoms with Crippen LogP contribution in [0.2, 0.25) is 0 Å². The molecule has 0 nitrogen and oxygen atoms in total. The molecule has 61 heavy (non-hydrogen) atoms. The van der Waals surface area contributed by atoms with Gasteiger partial charge in [0.2, 0.25) is 0 Å². The largest absolute Gasteiger partial charge is 0.179 e. The van der Waals surface area contributed by atoms with Crippen molar-refractivity contribution in [1.29, 1.82) is 0 Å². The van der Waals surface area contributed by atoms with Gasteiger partial charge in [-0.3, -0.25) is 0 Å². The van der Waals surface area contributed by atoms with Crippen LogP contribution in [-0.2, 0) is 0 Å². The van der Waals surface area contributed by atoms with Crippen molar-refractivity contribution in [3.8, 4) is 0 Å². The summed E-state index contributed by atoms with van der Waals surface area (Å²) >= 11 is 0. The Bertz CT molecular complexity index is 5890. The van der Waals surface area contributed by atoms with Crippen LogP contribution in [0.15, 0.2) is 242 Å². The predicted octanol–water partition coefficient (Wildman–Crippen LogP) is 13.4. The van der Waals surface area contributed by atoms with Crippen LogP contribution in [0.4, 0.5) is 0 Å². The first-order valence-corrected chi connectivity index (χ1v) is 20.0. The molecule has 0 amide bonds. The first kappa shape index (κ1) is 13.5. The molecule has 0 fully saturated rings. The minimum absolute atomic E-state index is 0.881. The average Bonchev–Trinajstić information content (AvgIpc) is 0.673. The van der Waals surface area contributed by atoms with Crippen LogP contribution in [0.5, 0.6) is 0 Å². The molecule has 1 heteroatoms. The number of hydrogen-bond acceptors (Lipinski definition) is 0. The molecule has 12 aromatic carbocycles. The van der Waals surface area contributed by atoms with Crippen molar-refractivity contribution in [1.82, 2.24) is 0 Å². The zero-order chi connectivity index (χ0) is 75.1. The second kappa shape index (κ2) is 14.3. The van der Waals surface area contributed by atoms with Crippen molar-refractivity contribution in [3.63, 3.8) is 0 Å². The summed E-state index contributed by atoms with van der Waals surface area (Å²) in [6.45, 7) is 0. The van der Waals surface area contributed by atoms with E-state index in [0.717, 1.165) is 0 Å². The maximum absolute atomic E-state index is 11.1. The molecule has 0 saturated carbocycles. The minimum Gasteiger partial charge on any atom is -0.0623 e. The van der Waals surface area contributed by atoms with Gasteiger partial charge >= 0.3 is 0 Å². The third kappa shape index (κ3) is 5.45. The number of rotatable bonds is 4. The highest BCUT2D eigenvalue weighted by atomic mass is 28.3. The fourth-order valence-corrected chi connectivity index (χ4v) is 11.3. The van der Waals surface area contributed by atoms with Crippen molar-refractivity contribution in [2.45, 2.75) is 0 Å². The first-order valence-electron chi connectivity index (χ1n) is 38.0. The Morgan fingerprint density at radius 2 is 0.393 bits per heavy atom. The van der Waals surface area contributed by atoms with Gasteiger partial charge in [-0.15, -0.1) is 0 Å². The van der Waals surface area contributed by atoms with Crippen LogP contribution < -0.4 is 20.7 Å². The topological polar surface area (TPSA) is 0 Å². The predicted molar refractivity (Wildman–Crippen MR) is 268 cm³/mol. The van der Waals surface area contributed by atoms with Gasteiger partial charge in [0.05, 0.1) is 54.8 Å². The van der Waals surface area contributed by atoms with Gasteiger partial charge in [-0.1, -0.05) is 230 Å². The van der Waals surface area contributed by atoms with Crippen LogP contribution in [0, 0.1) is 0 Å². The van der Waals surface area contributed by atoms with Gasteiger partial charge in [-0.25, -0.2) is 0 Å². The molecule has 12 aromatic rings. The summed E-state index contributed by atoms with van der Waals surface area (Å²) in [5.74, 6) is 0. The Balaban J connectivity index is 1.65. The Kier molecular flexibility index (Phi) is 3.16. The first-order chi connectivity index (χ1) is 46.9. The fourth-order valence-electron chi connectivity index (χ4n) is 7.72. The van der Waals surface area contributed by atoms with E-state index < -0.39 is 357 Å². The van der Waals surface area contributed by atoms with Crippen molar-refractivity contribution in [3.05, 3.63) is 242 Å². The Morgan fingerprint density at radius 3 is 0.672 bits per heavy atom. The third-order valence-electron chi connectivity index (χ3n) is 10.2. The lowest BCUT2D eigenvalue weighted by Gasteiger charge is -2.34. The smallest absolute Gasteiger partial charge is 0.0623 e. The van der Waals surface area contributed by atoms with E-state index in [0.29, 0.717) is 0 Å². The molecule has 0 saturated heterocycles. The minimum atomic E-state index is -6.86. The molecule has 12 rings (SSSR count). The van der Waals surface area contributed by atoms with E-state index in [1.807, 2.05) is 0 Å². The van der Waals surface area contributed by atoms with Crippen molar-refractivity contribution in [2.75, 3.05) is 0 Å². The summed E-state index contributed by atoms with van der Waals surface area (Å²) in [6.07, 6.45) is 0. The lowest BCUT2D eigenvalue weighted by molar-refractivity contribution is 1.67. The molecule has 0 atom stereocenters. The Hall–Kier alpha value is -7.58. The van der Waals surface area contributed by atoms with Crippen molar-refractivity contribution < 1.29 is 54.8 Å². The number of benzene rings is 10. The van der Waals surface area contributed by atoms with Gasteiger partial charge in [-0.2, -0.15) is 0 Å². The molecule has 0 aliphatic heterocycles. The van der Waals surface area contributed by atoms with Crippen LogP contribution in [0.25, 0.3) is 86.2 Å². The maximum atomic E-state index is 11.1. The Labute approximate surface area is 412 Å². The zero-order valence-electron chi connectivity index (χ0n) is 70.5. The monoisotopic (exact) mass is 829 g/mol. The highest BCUT2D eigenvalue weighted by Gasteiger charge is 2.41. The molecule has 0 aliphatic carbocycles. The van der Waals surface area contributed by atoms with Crippen LogP contribution in [-0.4, -0.2) is 8.07 Å². The molecular weight excluding hydrogens is 749 g/mol. The van der Waals surface area contributed by atoms with Gasteiger partial charge in [0.25, 0.3) is 0 Å². The SMILES string of the molecule is [2H]c1c([2H])c([2H])c([Si](c2c([2H])c([2H])c([2H])c([2H])c2[2H])(c2c([2H])c([2H])c([2H])c([2H])c2[2H])c2c([2H])c([2H])c3c(c2[2H])c2c([2H])c([2H])c([2H])c([2H])c2c2c([2H])c([2H])c([2H])c([2H])c2c2c([2H])c4c5c([2H])c([2H])c([2H])c([2H])c5c5c([2H])c([2H])c([2H])c([2H])c5c5c([2H])c([2H])c([2H])c([2H])c5c4c([2H])c32)c([2H])c1[2H]. The number of fused-ring (bicyclic) bond motifs is 16. The van der Waals surface area contributed by atoms with Crippen molar-refractivity contribution >= 4 is 115 Å². The molecular formula is C60H40Si. The molecule has 0 radical (unpaired) electrons. The lowest BCUT2D eigenvalue weighted by Crippen LogP contribution is -2.74. The van der Waals surface area contributed by atoms with E-state index in [2.05, 4.69) is 0 Å². The van der Waals surface area contributed by atoms with Gasteiger partial charge in [0.1, 0.15) is 0 Å². The highest BCUT2D eigenvalue weighted by Crippen LogP contribution is 2.41. The summed E-state index contributed by atoms with van der Waals surface area (Å²) in [7, 11) is -6.86. The van der Waals surface area contributed by atoms with Crippen LogP contribution in [0.1, 0.15) is 54.8 Å². The van der Waals surface area contributed by atoms with Crippen LogP contribution in [0.3, 0.4) is 0 Å². The quantitative estimate of drug-likeness (QED) is 0.122. The van der Waals surface area contributed by atoms with E-state index in [1.165, 1.54) is 0 Å².